The fourth-order valence-electron chi connectivity index (χ4n) is 3.55. The SMILES string of the molecule is Cc1nn(-c2cccc(C(F)(F)F)c2)c(C)c1C(=O)C(=O)N(C)C1CCS(=O)(=O)C1. The second kappa shape index (κ2) is 7.53. The summed E-state index contributed by atoms with van der Waals surface area (Å²) in [6.07, 6.45) is -4.29. The maximum atomic E-state index is 13.0. The molecule has 0 spiro atoms. The lowest BCUT2D eigenvalue weighted by Crippen LogP contribution is -2.42. The average Bonchev–Trinajstić information content (AvgIpc) is 3.18. The Hall–Kier alpha value is -2.69. The predicted octanol–water partition coefficient (Wildman–Crippen LogP) is 2.34. The minimum Gasteiger partial charge on any atom is -0.335 e. The van der Waals surface area contributed by atoms with Gasteiger partial charge >= 0.3 is 6.18 Å². The van der Waals surface area contributed by atoms with Crippen LogP contribution in [0.25, 0.3) is 5.69 Å². The smallest absolute Gasteiger partial charge is 0.335 e. The monoisotopic (exact) mass is 443 g/mol. The van der Waals surface area contributed by atoms with E-state index >= 15 is 0 Å². The Balaban J connectivity index is 1.92. The van der Waals surface area contributed by atoms with Gasteiger partial charge in [0.1, 0.15) is 0 Å². The quantitative estimate of drug-likeness (QED) is 0.535. The lowest BCUT2D eigenvalue weighted by molar-refractivity contribution is -0.137. The molecule has 0 radical (unpaired) electrons. The normalized spacial score (nSPS) is 18.4. The number of aryl methyl sites for hydroxylation is 1. The van der Waals surface area contributed by atoms with Crippen LogP contribution < -0.4 is 0 Å². The molecule has 1 aromatic carbocycles. The van der Waals surface area contributed by atoms with Crippen molar-refractivity contribution < 1.29 is 31.2 Å². The largest absolute Gasteiger partial charge is 0.416 e. The zero-order valence-corrected chi connectivity index (χ0v) is 17.3. The van der Waals surface area contributed by atoms with Gasteiger partial charge in [0.15, 0.2) is 9.84 Å². The van der Waals surface area contributed by atoms with Crippen LogP contribution in [0.15, 0.2) is 24.3 Å². The highest BCUT2D eigenvalue weighted by molar-refractivity contribution is 7.91. The number of aromatic nitrogens is 2. The van der Waals surface area contributed by atoms with Crippen LogP contribution in [0.1, 0.15) is 33.7 Å². The van der Waals surface area contributed by atoms with Crippen LogP contribution in [0.4, 0.5) is 13.2 Å². The highest BCUT2D eigenvalue weighted by atomic mass is 32.2. The molecule has 0 N–H and O–H groups in total. The number of hydrogen-bond acceptors (Lipinski definition) is 5. The zero-order chi connectivity index (χ0) is 22.4. The van der Waals surface area contributed by atoms with E-state index in [1.165, 1.54) is 37.7 Å². The van der Waals surface area contributed by atoms with E-state index in [1.54, 1.807) is 0 Å². The molecular formula is C19H20F3N3O4S. The van der Waals surface area contributed by atoms with Gasteiger partial charge in [-0.05, 0) is 38.5 Å². The number of amides is 1. The highest BCUT2D eigenvalue weighted by Crippen LogP contribution is 2.31. The minimum atomic E-state index is -4.54. The summed E-state index contributed by atoms with van der Waals surface area (Å²) in [5.41, 5.74) is -0.357. The van der Waals surface area contributed by atoms with E-state index < -0.39 is 39.3 Å². The Morgan fingerprint density at radius 2 is 1.90 bits per heavy atom. The summed E-state index contributed by atoms with van der Waals surface area (Å²) in [4.78, 5) is 26.6. The lowest BCUT2D eigenvalue weighted by Gasteiger charge is -2.22. The third kappa shape index (κ3) is 4.11. The van der Waals surface area contributed by atoms with Gasteiger partial charge in [-0.25, -0.2) is 13.1 Å². The van der Waals surface area contributed by atoms with Gasteiger partial charge in [-0.2, -0.15) is 18.3 Å². The maximum absolute atomic E-state index is 13.0. The number of sulfone groups is 1. The summed E-state index contributed by atoms with van der Waals surface area (Å²) in [7, 11) is -1.87. The van der Waals surface area contributed by atoms with E-state index in [-0.39, 0.29) is 40.6 Å². The fraction of sp³-hybridized carbons (Fsp3) is 0.421. The molecule has 1 unspecified atom stereocenters. The summed E-state index contributed by atoms with van der Waals surface area (Å²) in [5.74, 6) is -2.01. The first kappa shape index (κ1) is 22.0. The third-order valence-corrected chi connectivity index (χ3v) is 6.96. The van der Waals surface area contributed by atoms with E-state index in [0.717, 1.165) is 17.0 Å². The van der Waals surface area contributed by atoms with Crippen LogP contribution >= 0.6 is 0 Å². The Morgan fingerprint density at radius 1 is 1.23 bits per heavy atom. The van der Waals surface area contributed by atoms with Crippen molar-refractivity contribution in [3.05, 3.63) is 46.8 Å². The highest BCUT2D eigenvalue weighted by Gasteiger charge is 2.36. The molecule has 1 amide bonds. The Kier molecular flexibility index (Phi) is 5.52. The molecule has 162 valence electrons. The van der Waals surface area contributed by atoms with Gasteiger partial charge in [0.05, 0.1) is 39.7 Å². The number of carbonyl (C=O) groups is 2. The molecule has 1 aliphatic heterocycles. The van der Waals surface area contributed by atoms with Gasteiger partial charge in [0.2, 0.25) is 0 Å². The van der Waals surface area contributed by atoms with Crippen molar-refractivity contribution in [1.82, 2.24) is 14.7 Å². The van der Waals surface area contributed by atoms with Crippen LogP contribution in [-0.2, 0) is 20.8 Å². The van der Waals surface area contributed by atoms with Gasteiger partial charge < -0.3 is 4.90 Å². The topological polar surface area (TPSA) is 89.3 Å². The van der Waals surface area contributed by atoms with E-state index in [1.807, 2.05) is 0 Å². The van der Waals surface area contributed by atoms with Crippen molar-refractivity contribution in [2.75, 3.05) is 18.6 Å². The standard InChI is InChI=1S/C19H20F3N3O4S/c1-11-16(17(26)18(27)24(3)15-7-8-30(28,29)10-15)12(2)25(23-11)14-6-4-5-13(9-14)19(20,21)22/h4-6,9,15H,7-8,10H2,1-3H3. The molecule has 0 bridgehead atoms. The molecule has 1 fully saturated rings. The van der Waals surface area contributed by atoms with E-state index in [9.17, 15) is 31.2 Å². The summed E-state index contributed by atoms with van der Waals surface area (Å²) < 4.78 is 63.6. The van der Waals surface area contributed by atoms with Gasteiger partial charge in [0.25, 0.3) is 11.7 Å². The van der Waals surface area contributed by atoms with E-state index in [0.29, 0.717) is 0 Å². The molecule has 0 saturated carbocycles. The predicted molar refractivity (Wildman–Crippen MR) is 102 cm³/mol. The number of halogens is 3. The number of nitrogens with zero attached hydrogens (tertiary/aromatic N) is 3. The molecule has 30 heavy (non-hydrogen) atoms. The van der Waals surface area contributed by atoms with Crippen molar-refractivity contribution in [3.8, 4) is 5.69 Å². The number of Topliss-reactive ketones (excluding diaryl/α,β-unsaturated/α-hetero) is 1. The number of hydrogen-bond donors (Lipinski definition) is 0. The first-order valence-corrected chi connectivity index (χ1v) is 10.9. The summed E-state index contributed by atoms with van der Waals surface area (Å²) in [5, 5.41) is 4.15. The first-order valence-electron chi connectivity index (χ1n) is 9.07. The summed E-state index contributed by atoms with van der Waals surface area (Å²) >= 11 is 0. The molecule has 7 nitrogen and oxygen atoms in total. The van der Waals surface area contributed by atoms with E-state index in [4.69, 9.17) is 0 Å². The first-order chi connectivity index (χ1) is 13.8. The molecule has 1 aliphatic rings. The zero-order valence-electron chi connectivity index (χ0n) is 16.5. The van der Waals surface area contributed by atoms with Crippen LogP contribution in [0, 0.1) is 13.8 Å². The number of rotatable bonds is 4. The van der Waals surface area contributed by atoms with Crippen molar-refractivity contribution >= 4 is 21.5 Å². The number of likely N-dealkylation sites (N-methyl/N-ethyl adjacent to an activating group) is 1. The fourth-order valence-corrected chi connectivity index (χ4v) is 5.32. The molecule has 2 aromatic rings. The molecule has 2 heterocycles. The second-order valence-corrected chi connectivity index (χ2v) is 9.54. The third-order valence-electron chi connectivity index (χ3n) is 5.21. The molecule has 1 atom stereocenters. The van der Waals surface area contributed by atoms with Crippen LogP contribution in [0.2, 0.25) is 0 Å². The Morgan fingerprint density at radius 3 is 2.47 bits per heavy atom. The molecule has 0 aliphatic carbocycles. The van der Waals surface area contributed by atoms with Gasteiger partial charge in [0, 0.05) is 13.1 Å². The van der Waals surface area contributed by atoms with Crippen molar-refractivity contribution in [2.24, 2.45) is 0 Å². The summed E-state index contributed by atoms with van der Waals surface area (Å²) in [6.45, 7) is 2.97. The van der Waals surface area contributed by atoms with Gasteiger partial charge in [-0.15, -0.1) is 0 Å². The summed E-state index contributed by atoms with van der Waals surface area (Å²) in [6, 6.07) is 3.89. The number of alkyl halides is 3. The van der Waals surface area contributed by atoms with Crippen LogP contribution in [0.5, 0.6) is 0 Å². The van der Waals surface area contributed by atoms with Crippen molar-refractivity contribution in [2.45, 2.75) is 32.5 Å². The Bertz CT molecular complexity index is 1120. The molecule has 11 heteroatoms. The number of ketones is 1. The lowest BCUT2D eigenvalue weighted by atomic mass is 10.1. The van der Waals surface area contributed by atoms with Crippen molar-refractivity contribution in [1.29, 1.82) is 0 Å². The second-order valence-electron chi connectivity index (χ2n) is 7.31. The number of benzene rings is 1. The molecule has 1 aromatic heterocycles. The Labute approximate surface area is 171 Å². The van der Waals surface area contributed by atoms with Crippen LogP contribution in [0.3, 0.4) is 0 Å². The van der Waals surface area contributed by atoms with Crippen molar-refractivity contribution in [3.63, 3.8) is 0 Å². The average molecular weight is 443 g/mol. The van der Waals surface area contributed by atoms with E-state index in [2.05, 4.69) is 5.10 Å². The maximum Gasteiger partial charge on any atom is 0.416 e. The van der Waals surface area contributed by atoms with Crippen LogP contribution in [-0.4, -0.2) is 59.4 Å². The molecule has 1 saturated heterocycles. The number of carbonyl (C=O) groups excluding carboxylic acids is 2. The molecular weight excluding hydrogens is 423 g/mol. The molecule has 3 rings (SSSR count). The minimum absolute atomic E-state index is 0.00915. The van der Waals surface area contributed by atoms with Gasteiger partial charge in [-0.1, -0.05) is 6.07 Å². The van der Waals surface area contributed by atoms with Gasteiger partial charge in [-0.3, -0.25) is 9.59 Å².